The third-order valence-electron chi connectivity index (χ3n) is 7.81. The first-order valence-electron chi connectivity index (χ1n) is 13.5. The topological polar surface area (TPSA) is 49.4 Å². The van der Waals surface area contributed by atoms with Gasteiger partial charge in [-0.25, -0.2) is 4.39 Å². The van der Waals surface area contributed by atoms with Crippen LogP contribution >= 0.6 is 0 Å². The molecule has 1 fully saturated rings. The van der Waals surface area contributed by atoms with E-state index in [1.807, 2.05) is 65.6 Å². The van der Waals surface area contributed by atoms with Gasteiger partial charge in [-0.3, -0.25) is 9.59 Å². The Kier molecular flexibility index (Phi) is 8.16. The van der Waals surface area contributed by atoms with Gasteiger partial charge in [0.2, 0.25) is 11.8 Å². The Balaban J connectivity index is 1.28. The van der Waals surface area contributed by atoms with Gasteiger partial charge < -0.3 is 10.2 Å². The Morgan fingerprint density at radius 1 is 0.769 bits per heavy atom. The minimum atomic E-state index is -0.698. The van der Waals surface area contributed by atoms with Gasteiger partial charge >= 0.3 is 0 Å². The van der Waals surface area contributed by atoms with E-state index >= 15 is 0 Å². The highest BCUT2D eigenvalue weighted by atomic mass is 19.1. The number of amides is 2. The summed E-state index contributed by atoms with van der Waals surface area (Å²) in [7, 11) is 0. The summed E-state index contributed by atoms with van der Waals surface area (Å²) in [5.41, 5.74) is 4.51. The lowest BCUT2D eigenvalue weighted by Gasteiger charge is -2.41. The van der Waals surface area contributed by atoms with Crippen LogP contribution in [0.15, 0.2) is 109 Å². The molecule has 0 atom stereocenters. The number of hydrogen-bond donors (Lipinski definition) is 1. The largest absolute Gasteiger partial charge is 0.351 e. The van der Waals surface area contributed by atoms with Crippen LogP contribution in [0, 0.1) is 5.82 Å². The number of carbonyl (C=O) groups excluding carboxylic acids is 2. The third-order valence-corrected chi connectivity index (χ3v) is 7.81. The van der Waals surface area contributed by atoms with Gasteiger partial charge in [-0.1, -0.05) is 97.1 Å². The Bertz CT molecular complexity index is 1400. The van der Waals surface area contributed by atoms with Gasteiger partial charge in [-0.05, 0) is 59.2 Å². The van der Waals surface area contributed by atoms with E-state index in [0.29, 0.717) is 45.3 Å². The lowest BCUT2D eigenvalue weighted by molar-refractivity contribution is -0.137. The van der Waals surface area contributed by atoms with Crippen molar-refractivity contribution in [3.8, 4) is 11.1 Å². The molecule has 0 bridgehead atoms. The number of hydrogen-bond acceptors (Lipinski definition) is 2. The second-order valence-electron chi connectivity index (χ2n) is 10.2. The van der Waals surface area contributed by atoms with Crippen molar-refractivity contribution in [2.75, 3.05) is 13.1 Å². The SMILES string of the molecule is O=C(CCc1ccc(F)cc1)N1CCC(C(=O)NCc2ccccc2-c2ccccc2)(c2ccccc2)CC1. The molecule has 39 heavy (non-hydrogen) atoms. The van der Waals surface area contributed by atoms with Crippen LogP contribution in [0.5, 0.6) is 0 Å². The molecule has 5 heteroatoms. The van der Waals surface area contributed by atoms with Crippen molar-refractivity contribution >= 4 is 11.8 Å². The van der Waals surface area contributed by atoms with E-state index < -0.39 is 5.41 Å². The fraction of sp³-hybridized carbons (Fsp3) is 0.235. The quantitative estimate of drug-likeness (QED) is 0.296. The highest BCUT2D eigenvalue weighted by Gasteiger charge is 2.43. The van der Waals surface area contributed by atoms with Crippen molar-refractivity contribution in [2.24, 2.45) is 0 Å². The maximum atomic E-state index is 13.9. The molecule has 0 aliphatic carbocycles. The third kappa shape index (κ3) is 6.09. The molecule has 5 rings (SSSR count). The van der Waals surface area contributed by atoms with E-state index in [1.54, 1.807) is 12.1 Å². The van der Waals surface area contributed by atoms with Crippen molar-refractivity contribution in [3.05, 3.63) is 132 Å². The van der Waals surface area contributed by atoms with Gasteiger partial charge in [0.15, 0.2) is 0 Å². The standard InChI is InChI=1S/C34H33FN2O2/c35-30-18-15-26(16-19-30)17-20-32(38)37-23-21-34(22-24-37,29-12-5-2-6-13-29)33(39)36-25-28-11-7-8-14-31(28)27-9-3-1-4-10-27/h1-16,18-19H,17,20-25H2,(H,36,39). The number of carbonyl (C=O) groups is 2. The van der Waals surface area contributed by atoms with E-state index in [-0.39, 0.29) is 17.6 Å². The van der Waals surface area contributed by atoms with Crippen LogP contribution in [0.25, 0.3) is 11.1 Å². The average Bonchev–Trinajstić information content (AvgIpc) is 3.00. The summed E-state index contributed by atoms with van der Waals surface area (Å²) in [6.45, 7) is 1.47. The highest BCUT2D eigenvalue weighted by molar-refractivity contribution is 5.89. The van der Waals surface area contributed by atoms with Crippen LogP contribution in [0.3, 0.4) is 0 Å². The molecule has 1 aliphatic rings. The Morgan fingerprint density at radius 2 is 1.38 bits per heavy atom. The maximum Gasteiger partial charge on any atom is 0.231 e. The van der Waals surface area contributed by atoms with Crippen LogP contribution in [0.4, 0.5) is 4.39 Å². The summed E-state index contributed by atoms with van der Waals surface area (Å²) >= 11 is 0. The molecule has 0 spiro atoms. The summed E-state index contributed by atoms with van der Waals surface area (Å²) in [5.74, 6) is -0.214. The molecule has 198 valence electrons. The molecule has 1 heterocycles. The van der Waals surface area contributed by atoms with Gasteiger partial charge in [-0.15, -0.1) is 0 Å². The lowest BCUT2D eigenvalue weighted by atomic mass is 9.72. The fourth-order valence-corrected chi connectivity index (χ4v) is 5.52. The van der Waals surface area contributed by atoms with Crippen LogP contribution in [-0.4, -0.2) is 29.8 Å². The molecule has 4 nitrogen and oxygen atoms in total. The molecule has 1 saturated heterocycles. The zero-order valence-electron chi connectivity index (χ0n) is 22.0. The molecule has 0 unspecified atom stereocenters. The number of halogens is 1. The number of benzene rings is 4. The minimum absolute atomic E-state index is 0.00465. The predicted molar refractivity (Wildman–Crippen MR) is 152 cm³/mol. The molecule has 1 aliphatic heterocycles. The average molecular weight is 521 g/mol. The van der Waals surface area contributed by atoms with Gasteiger partial charge in [0.1, 0.15) is 5.82 Å². The number of piperidine rings is 1. The summed E-state index contributed by atoms with van der Waals surface area (Å²) in [4.78, 5) is 28.8. The zero-order chi connectivity index (χ0) is 27.1. The number of rotatable bonds is 8. The Hall–Kier alpha value is -4.25. The molecule has 0 aromatic heterocycles. The molecule has 4 aromatic rings. The predicted octanol–water partition coefficient (Wildman–Crippen LogP) is 6.30. The van der Waals surface area contributed by atoms with Crippen molar-refractivity contribution < 1.29 is 14.0 Å². The van der Waals surface area contributed by atoms with Gasteiger partial charge in [0.05, 0.1) is 5.41 Å². The van der Waals surface area contributed by atoms with Crippen molar-refractivity contribution in [3.63, 3.8) is 0 Å². The Labute approximate surface area is 229 Å². The van der Waals surface area contributed by atoms with E-state index in [0.717, 1.165) is 27.8 Å². The molecule has 4 aromatic carbocycles. The van der Waals surface area contributed by atoms with Crippen molar-refractivity contribution in [1.82, 2.24) is 10.2 Å². The fourth-order valence-electron chi connectivity index (χ4n) is 5.52. The smallest absolute Gasteiger partial charge is 0.231 e. The molecular formula is C34H33FN2O2. The molecule has 0 radical (unpaired) electrons. The van der Waals surface area contributed by atoms with E-state index in [1.165, 1.54) is 12.1 Å². The monoisotopic (exact) mass is 520 g/mol. The first-order valence-corrected chi connectivity index (χ1v) is 13.5. The Morgan fingerprint density at radius 3 is 2.08 bits per heavy atom. The van der Waals surface area contributed by atoms with Crippen LogP contribution in [0.1, 0.15) is 36.0 Å². The maximum absolute atomic E-state index is 13.9. The van der Waals surface area contributed by atoms with Crippen molar-refractivity contribution in [1.29, 1.82) is 0 Å². The van der Waals surface area contributed by atoms with Gasteiger partial charge in [0, 0.05) is 26.1 Å². The number of likely N-dealkylation sites (tertiary alicyclic amines) is 1. The summed E-state index contributed by atoms with van der Waals surface area (Å²) < 4.78 is 13.2. The van der Waals surface area contributed by atoms with E-state index in [9.17, 15) is 14.0 Å². The number of aryl methyl sites for hydroxylation is 1. The highest BCUT2D eigenvalue weighted by Crippen LogP contribution is 2.36. The first-order chi connectivity index (χ1) is 19.0. The van der Waals surface area contributed by atoms with Gasteiger partial charge in [0.25, 0.3) is 0 Å². The molecule has 2 amide bonds. The number of nitrogens with zero attached hydrogens (tertiary/aromatic N) is 1. The normalized spacial score (nSPS) is 14.5. The van der Waals surface area contributed by atoms with Crippen molar-refractivity contribution in [2.45, 2.75) is 37.6 Å². The number of nitrogens with one attached hydrogen (secondary N) is 1. The summed E-state index contributed by atoms with van der Waals surface area (Å²) in [5, 5.41) is 3.24. The van der Waals surface area contributed by atoms with E-state index in [4.69, 9.17) is 0 Å². The van der Waals surface area contributed by atoms with Gasteiger partial charge in [-0.2, -0.15) is 0 Å². The van der Waals surface area contributed by atoms with Crippen LogP contribution in [-0.2, 0) is 28.0 Å². The second kappa shape index (κ2) is 12.1. The van der Waals surface area contributed by atoms with Crippen LogP contribution in [0.2, 0.25) is 0 Å². The minimum Gasteiger partial charge on any atom is -0.351 e. The summed E-state index contributed by atoms with van der Waals surface area (Å²) in [6.07, 6.45) is 2.06. The van der Waals surface area contributed by atoms with Crippen LogP contribution < -0.4 is 5.32 Å². The van der Waals surface area contributed by atoms with E-state index in [2.05, 4.69) is 29.6 Å². The summed E-state index contributed by atoms with van der Waals surface area (Å²) in [6, 6.07) is 34.6. The molecule has 1 N–H and O–H groups in total. The molecule has 0 saturated carbocycles. The second-order valence-corrected chi connectivity index (χ2v) is 10.2. The zero-order valence-corrected chi connectivity index (χ0v) is 22.0. The molecular weight excluding hydrogens is 487 g/mol. The first kappa shape index (κ1) is 26.4. The lowest BCUT2D eigenvalue weighted by Crippen LogP contribution is -2.52.